The summed E-state index contributed by atoms with van der Waals surface area (Å²) in [6, 6.07) is 48.0. The van der Waals surface area contributed by atoms with Gasteiger partial charge < -0.3 is 0 Å². The van der Waals surface area contributed by atoms with Crippen molar-refractivity contribution in [3.8, 4) is 22.3 Å². The lowest BCUT2D eigenvalue weighted by Crippen LogP contribution is -1.79. The summed E-state index contributed by atoms with van der Waals surface area (Å²) in [5.74, 6) is 0. The number of halogens is 1. The molecule has 0 aliphatic heterocycles. The van der Waals surface area contributed by atoms with Gasteiger partial charge in [-0.15, -0.1) is 22.7 Å². The summed E-state index contributed by atoms with van der Waals surface area (Å²) in [4.78, 5) is 0. The van der Waals surface area contributed by atoms with Crippen LogP contribution in [0.15, 0.2) is 138 Å². The van der Waals surface area contributed by atoms with Crippen molar-refractivity contribution in [2.45, 2.75) is 6.92 Å². The van der Waals surface area contributed by atoms with Crippen LogP contribution in [0.1, 0.15) is 5.56 Å². The Kier molecular flexibility index (Phi) is 6.73. The first-order valence-electron chi connectivity index (χ1n) is 13.3. The molecule has 40 heavy (non-hydrogen) atoms. The largest absolute Gasteiger partial charge is 0.135 e. The first-order chi connectivity index (χ1) is 19.6. The molecule has 0 radical (unpaired) electrons. The molecule has 0 aliphatic carbocycles. The summed E-state index contributed by atoms with van der Waals surface area (Å²) in [5.41, 5.74) is 6.41. The topological polar surface area (TPSA) is 0 Å². The molecule has 0 N–H and O–H groups in total. The predicted molar refractivity (Wildman–Crippen MR) is 182 cm³/mol. The standard InChI is InChI=1S/C19H14S.C18H11BrS/c1-13-5-4-6-14(11-13)15-9-10-19-17(12-15)16-7-2-3-8-18(16)20-19;19-14-5-3-4-12(10-14)13-8-9-18-16(11-13)15-6-1-2-7-17(15)20-18/h2-12H,1H3;1-11H. The predicted octanol–water partition coefficient (Wildman–Crippen LogP) is 12.5. The quantitative estimate of drug-likeness (QED) is 0.182. The monoisotopic (exact) mass is 612 g/mol. The molecular formula is C37H25BrS2. The van der Waals surface area contributed by atoms with Crippen molar-refractivity contribution < 1.29 is 0 Å². The third-order valence-corrected chi connectivity index (χ3v) is 10.1. The van der Waals surface area contributed by atoms with Crippen LogP contribution in [-0.4, -0.2) is 0 Å². The van der Waals surface area contributed by atoms with Crippen LogP contribution in [0.25, 0.3) is 62.6 Å². The molecule has 2 aromatic heterocycles. The average molecular weight is 614 g/mol. The van der Waals surface area contributed by atoms with Gasteiger partial charge in [0.05, 0.1) is 0 Å². The fourth-order valence-electron chi connectivity index (χ4n) is 5.30. The highest BCUT2D eigenvalue weighted by Gasteiger charge is 2.08. The molecule has 0 unspecified atom stereocenters. The van der Waals surface area contributed by atoms with Gasteiger partial charge in [-0.1, -0.05) is 106 Å². The lowest BCUT2D eigenvalue weighted by Gasteiger charge is -2.03. The first kappa shape index (κ1) is 25.2. The van der Waals surface area contributed by atoms with E-state index >= 15 is 0 Å². The molecule has 0 fully saturated rings. The molecule has 0 aliphatic rings. The summed E-state index contributed by atoms with van der Waals surface area (Å²) < 4.78 is 6.55. The summed E-state index contributed by atoms with van der Waals surface area (Å²) in [5, 5.41) is 5.43. The highest BCUT2D eigenvalue weighted by Crippen LogP contribution is 2.37. The minimum Gasteiger partial charge on any atom is -0.135 e. The molecule has 6 aromatic carbocycles. The van der Waals surface area contributed by atoms with E-state index < -0.39 is 0 Å². The number of benzene rings is 6. The maximum atomic E-state index is 3.54. The Labute approximate surface area is 250 Å². The van der Waals surface area contributed by atoms with E-state index in [1.165, 1.54) is 68.2 Å². The number of hydrogen-bond donors (Lipinski definition) is 0. The molecule has 8 rings (SSSR count). The Bertz CT molecular complexity index is 1990. The summed E-state index contributed by atoms with van der Waals surface area (Å²) in [6.07, 6.45) is 0. The molecule has 0 nitrogen and oxygen atoms in total. The highest BCUT2D eigenvalue weighted by atomic mass is 79.9. The number of fused-ring (bicyclic) bond motifs is 6. The molecule has 0 saturated heterocycles. The second kappa shape index (κ2) is 10.7. The summed E-state index contributed by atoms with van der Waals surface area (Å²) >= 11 is 7.27. The second-order valence-corrected chi connectivity index (χ2v) is 13.1. The molecule has 3 heteroatoms. The summed E-state index contributed by atoms with van der Waals surface area (Å²) in [7, 11) is 0. The smallest absolute Gasteiger partial charge is 0.0355 e. The Balaban J connectivity index is 0.000000132. The lowest BCUT2D eigenvalue weighted by molar-refractivity contribution is 1.47. The fourth-order valence-corrected chi connectivity index (χ4v) is 7.88. The van der Waals surface area contributed by atoms with Crippen LogP contribution in [-0.2, 0) is 0 Å². The van der Waals surface area contributed by atoms with Crippen molar-refractivity contribution in [1.82, 2.24) is 0 Å². The molecule has 8 aromatic rings. The van der Waals surface area contributed by atoms with Crippen molar-refractivity contribution in [2.75, 3.05) is 0 Å². The Morgan fingerprint density at radius 3 is 1.43 bits per heavy atom. The van der Waals surface area contributed by atoms with Gasteiger partial charge in [0, 0.05) is 44.8 Å². The van der Waals surface area contributed by atoms with Crippen molar-refractivity contribution >= 4 is 78.9 Å². The minimum absolute atomic E-state index is 1.12. The second-order valence-electron chi connectivity index (χ2n) is 10.00. The number of rotatable bonds is 2. The molecule has 192 valence electrons. The summed E-state index contributed by atoms with van der Waals surface area (Å²) in [6.45, 7) is 2.14. The van der Waals surface area contributed by atoms with Crippen LogP contribution >= 0.6 is 38.6 Å². The molecule has 0 atom stereocenters. The maximum absolute atomic E-state index is 3.54. The molecule has 0 amide bonds. The SMILES string of the molecule is Brc1cccc(-c2ccc3sc4ccccc4c3c2)c1.Cc1cccc(-c2ccc3sc4ccccc4c3c2)c1. The van der Waals surface area contributed by atoms with Crippen LogP contribution < -0.4 is 0 Å². The van der Waals surface area contributed by atoms with Gasteiger partial charge in [0.15, 0.2) is 0 Å². The van der Waals surface area contributed by atoms with Crippen molar-refractivity contribution in [3.05, 3.63) is 143 Å². The van der Waals surface area contributed by atoms with Gasteiger partial charge >= 0.3 is 0 Å². The fraction of sp³-hybridized carbons (Fsp3) is 0.0270. The zero-order valence-electron chi connectivity index (χ0n) is 21.9. The zero-order chi connectivity index (χ0) is 27.1. The third-order valence-electron chi connectivity index (χ3n) is 7.26. The van der Waals surface area contributed by atoms with E-state index in [-0.39, 0.29) is 0 Å². The van der Waals surface area contributed by atoms with Crippen LogP contribution in [0, 0.1) is 6.92 Å². The van der Waals surface area contributed by atoms with E-state index in [4.69, 9.17) is 0 Å². The molecule has 0 saturated carbocycles. The number of aryl methyl sites for hydroxylation is 1. The van der Waals surface area contributed by atoms with Gasteiger partial charge in [-0.05, 0) is 77.7 Å². The van der Waals surface area contributed by atoms with Gasteiger partial charge in [0.25, 0.3) is 0 Å². The average Bonchev–Trinajstić information content (AvgIpc) is 3.55. The maximum Gasteiger partial charge on any atom is 0.0355 e. The van der Waals surface area contributed by atoms with Crippen LogP contribution in [0.3, 0.4) is 0 Å². The van der Waals surface area contributed by atoms with E-state index in [0.29, 0.717) is 0 Å². The Hall–Kier alpha value is -3.76. The van der Waals surface area contributed by atoms with E-state index in [2.05, 4.69) is 156 Å². The third kappa shape index (κ3) is 4.86. The normalized spacial score (nSPS) is 11.2. The number of hydrogen-bond acceptors (Lipinski definition) is 2. The van der Waals surface area contributed by atoms with Crippen molar-refractivity contribution in [3.63, 3.8) is 0 Å². The van der Waals surface area contributed by atoms with E-state index in [1.807, 2.05) is 22.7 Å². The molecule has 0 bridgehead atoms. The van der Waals surface area contributed by atoms with Gasteiger partial charge in [0.2, 0.25) is 0 Å². The first-order valence-corrected chi connectivity index (χ1v) is 15.7. The van der Waals surface area contributed by atoms with Crippen LogP contribution in [0.2, 0.25) is 0 Å². The van der Waals surface area contributed by atoms with E-state index in [9.17, 15) is 0 Å². The Morgan fingerprint density at radius 1 is 0.400 bits per heavy atom. The lowest BCUT2D eigenvalue weighted by atomic mass is 10.0. The van der Waals surface area contributed by atoms with Gasteiger partial charge in [-0.2, -0.15) is 0 Å². The van der Waals surface area contributed by atoms with Crippen molar-refractivity contribution in [2.24, 2.45) is 0 Å². The number of thiophene rings is 2. The van der Waals surface area contributed by atoms with Gasteiger partial charge in [-0.3, -0.25) is 0 Å². The van der Waals surface area contributed by atoms with Gasteiger partial charge in [-0.25, -0.2) is 0 Å². The van der Waals surface area contributed by atoms with E-state index in [1.54, 1.807) is 0 Å². The van der Waals surface area contributed by atoms with Crippen LogP contribution in [0.4, 0.5) is 0 Å². The highest BCUT2D eigenvalue weighted by molar-refractivity contribution is 9.10. The molecule has 0 spiro atoms. The Morgan fingerprint density at radius 2 is 0.875 bits per heavy atom. The zero-order valence-corrected chi connectivity index (χ0v) is 25.1. The molecule has 2 heterocycles. The van der Waals surface area contributed by atoms with E-state index in [0.717, 1.165) is 4.47 Å². The minimum atomic E-state index is 1.12. The van der Waals surface area contributed by atoms with Gasteiger partial charge in [0.1, 0.15) is 0 Å². The molecular weight excluding hydrogens is 588 g/mol. The van der Waals surface area contributed by atoms with Crippen molar-refractivity contribution in [1.29, 1.82) is 0 Å². The van der Waals surface area contributed by atoms with Crippen LogP contribution in [0.5, 0.6) is 0 Å².